The van der Waals surface area contributed by atoms with Crippen LogP contribution in [0.5, 0.6) is 0 Å². The molecular weight excluding hydrogens is 353 g/mol. The monoisotopic (exact) mass is 376 g/mol. The summed E-state index contributed by atoms with van der Waals surface area (Å²) in [6, 6.07) is 3.96. The van der Waals surface area contributed by atoms with Gasteiger partial charge in [0.1, 0.15) is 5.76 Å². The van der Waals surface area contributed by atoms with Crippen molar-refractivity contribution in [2.24, 2.45) is 0 Å². The Labute approximate surface area is 149 Å². The molecule has 1 aromatic rings. The number of carboxylic acid groups (broad SMARTS) is 1. The maximum Gasteiger partial charge on any atom is 0.490 e. The van der Waals surface area contributed by atoms with Crippen LogP contribution >= 0.6 is 0 Å². The molecule has 26 heavy (non-hydrogen) atoms. The van der Waals surface area contributed by atoms with Crippen molar-refractivity contribution in [1.82, 2.24) is 9.80 Å². The Bertz CT molecular complexity index is 614. The van der Waals surface area contributed by atoms with E-state index in [2.05, 4.69) is 4.90 Å². The van der Waals surface area contributed by atoms with E-state index < -0.39 is 12.1 Å². The van der Waals surface area contributed by atoms with Crippen molar-refractivity contribution < 1.29 is 32.3 Å². The third kappa shape index (κ3) is 5.00. The van der Waals surface area contributed by atoms with Gasteiger partial charge in [0.15, 0.2) is 0 Å². The Kier molecular flexibility index (Phi) is 6.33. The van der Waals surface area contributed by atoms with Crippen LogP contribution in [-0.2, 0) is 16.1 Å². The van der Waals surface area contributed by atoms with Crippen LogP contribution in [0.4, 0.5) is 13.2 Å². The highest BCUT2D eigenvalue weighted by Gasteiger charge is 2.43. The Morgan fingerprint density at radius 2 is 2.00 bits per heavy atom. The summed E-state index contributed by atoms with van der Waals surface area (Å²) in [6.07, 6.45) is 1.85. The van der Waals surface area contributed by atoms with Gasteiger partial charge in [0.2, 0.25) is 5.91 Å². The summed E-state index contributed by atoms with van der Waals surface area (Å²) < 4.78 is 37.2. The third-order valence-electron chi connectivity index (χ3n) is 4.95. The molecule has 6 nitrogen and oxygen atoms in total. The molecule has 1 unspecified atom stereocenters. The highest BCUT2D eigenvalue weighted by atomic mass is 19.4. The fraction of sp³-hybridized carbons (Fsp3) is 0.647. The minimum Gasteiger partial charge on any atom is -0.475 e. The van der Waals surface area contributed by atoms with Gasteiger partial charge in [-0.05, 0) is 44.4 Å². The van der Waals surface area contributed by atoms with Crippen LogP contribution < -0.4 is 0 Å². The molecule has 0 radical (unpaired) electrons. The molecular formula is C17H23F3N2O4. The van der Waals surface area contributed by atoms with Crippen molar-refractivity contribution in [3.8, 4) is 0 Å². The molecule has 1 aromatic heterocycles. The number of aliphatic carboxylic acids is 1. The zero-order chi connectivity index (χ0) is 19.4. The first-order chi connectivity index (χ1) is 12.1. The van der Waals surface area contributed by atoms with E-state index in [-0.39, 0.29) is 5.54 Å². The van der Waals surface area contributed by atoms with E-state index >= 15 is 0 Å². The number of likely N-dealkylation sites (N-methyl/N-ethyl adjacent to an activating group) is 1. The van der Waals surface area contributed by atoms with Gasteiger partial charge in [-0.15, -0.1) is 0 Å². The van der Waals surface area contributed by atoms with Gasteiger partial charge < -0.3 is 14.4 Å². The summed E-state index contributed by atoms with van der Waals surface area (Å²) >= 11 is 0. The summed E-state index contributed by atoms with van der Waals surface area (Å²) in [5.41, 5.74) is 0.0696. The number of carboxylic acids is 1. The van der Waals surface area contributed by atoms with Crippen LogP contribution in [0.15, 0.2) is 22.8 Å². The zero-order valence-electron chi connectivity index (χ0n) is 14.6. The quantitative estimate of drug-likeness (QED) is 0.859. The molecule has 3 heterocycles. The van der Waals surface area contributed by atoms with E-state index in [1.807, 2.05) is 24.1 Å². The number of furan rings is 1. The molecule has 1 N–H and O–H groups in total. The molecule has 0 saturated carbocycles. The Morgan fingerprint density at radius 3 is 2.58 bits per heavy atom. The van der Waals surface area contributed by atoms with Gasteiger partial charge in [-0.2, -0.15) is 13.2 Å². The van der Waals surface area contributed by atoms with E-state index in [9.17, 15) is 18.0 Å². The number of hydrogen-bond donors (Lipinski definition) is 1. The maximum absolute atomic E-state index is 12.0. The number of nitrogens with zero attached hydrogens (tertiary/aromatic N) is 2. The Morgan fingerprint density at radius 1 is 1.35 bits per heavy atom. The average molecular weight is 376 g/mol. The van der Waals surface area contributed by atoms with Crippen molar-refractivity contribution in [2.75, 3.05) is 20.1 Å². The van der Waals surface area contributed by atoms with E-state index in [0.717, 1.165) is 51.1 Å². The summed E-state index contributed by atoms with van der Waals surface area (Å²) in [5.74, 6) is -1.43. The predicted octanol–water partition coefficient (Wildman–Crippen LogP) is 2.89. The first kappa shape index (κ1) is 20.3. The van der Waals surface area contributed by atoms with E-state index in [1.54, 1.807) is 6.26 Å². The number of piperidine rings is 2. The number of carbonyl (C=O) groups excluding carboxylic acids is 1. The summed E-state index contributed by atoms with van der Waals surface area (Å²) in [5, 5.41) is 7.12. The van der Waals surface area contributed by atoms with Crippen LogP contribution in [0.3, 0.4) is 0 Å². The van der Waals surface area contributed by atoms with Gasteiger partial charge in [0, 0.05) is 20.0 Å². The summed E-state index contributed by atoms with van der Waals surface area (Å²) in [6.45, 7) is 2.94. The molecule has 1 amide bonds. The van der Waals surface area contributed by atoms with Gasteiger partial charge in [0.05, 0.1) is 18.3 Å². The Balaban J connectivity index is 0.000000298. The molecule has 146 valence electrons. The molecule has 0 aliphatic carbocycles. The van der Waals surface area contributed by atoms with Crippen molar-refractivity contribution in [3.05, 3.63) is 24.2 Å². The number of alkyl halides is 3. The van der Waals surface area contributed by atoms with Gasteiger partial charge in [-0.3, -0.25) is 9.69 Å². The van der Waals surface area contributed by atoms with Gasteiger partial charge in [-0.25, -0.2) is 4.79 Å². The van der Waals surface area contributed by atoms with Crippen LogP contribution in [0.2, 0.25) is 0 Å². The number of rotatable bonds is 2. The lowest BCUT2D eigenvalue weighted by molar-refractivity contribution is -0.192. The molecule has 2 aliphatic heterocycles. The van der Waals surface area contributed by atoms with Gasteiger partial charge >= 0.3 is 12.1 Å². The zero-order valence-corrected chi connectivity index (χ0v) is 14.6. The van der Waals surface area contributed by atoms with E-state index in [1.165, 1.54) is 6.42 Å². The highest BCUT2D eigenvalue weighted by molar-refractivity contribution is 5.77. The first-order valence-corrected chi connectivity index (χ1v) is 8.45. The Hall–Kier alpha value is -2.03. The smallest absolute Gasteiger partial charge is 0.475 e. The lowest BCUT2D eigenvalue weighted by Crippen LogP contribution is -2.60. The standard InChI is InChI=1S/C15H22N2O2.C2HF3O2/c1-16-14(18)6-2-7-15(16)8-4-9-17(12-15)11-13-5-3-10-19-13;3-2(4,5)1(6)7/h3,5,10H,2,4,6-9,11-12H2,1H3;(H,6,7). The van der Waals surface area contributed by atoms with Gasteiger partial charge in [0.25, 0.3) is 0 Å². The largest absolute Gasteiger partial charge is 0.490 e. The number of amides is 1. The second kappa shape index (κ2) is 8.11. The molecule has 3 rings (SSSR count). The fourth-order valence-electron chi connectivity index (χ4n) is 3.61. The maximum atomic E-state index is 12.0. The van der Waals surface area contributed by atoms with Crippen molar-refractivity contribution in [3.63, 3.8) is 0 Å². The van der Waals surface area contributed by atoms with E-state index in [0.29, 0.717) is 5.91 Å². The molecule has 9 heteroatoms. The third-order valence-corrected chi connectivity index (χ3v) is 4.95. The lowest BCUT2D eigenvalue weighted by atomic mass is 9.80. The highest BCUT2D eigenvalue weighted by Crippen LogP contribution is 2.36. The first-order valence-electron chi connectivity index (χ1n) is 8.45. The topological polar surface area (TPSA) is 74.0 Å². The van der Waals surface area contributed by atoms with Gasteiger partial charge in [-0.1, -0.05) is 0 Å². The minimum absolute atomic E-state index is 0.0696. The van der Waals surface area contributed by atoms with Crippen LogP contribution in [0.1, 0.15) is 37.9 Å². The minimum atomic E-state index is -5.08. The number of halogens is 3. The van der Waals surface area contributed by atoms with Crippen molar-refractivity contribution >= 4 is 11.9 Å². The van der Waals surface area contributed by atoms with Crippen molar-refractivity contribution in [1.29, 1.82) is 0 Å². The number of hydrogen-bond acceptors (Lipinski definition) is 4. The normalized spacial score (nSPS) is 24.3. The van der Waals surface area contributed by atoms with E-state index in [4.69, 9.17) is 14.3 Å². The summed E-state index contributed by atoms with van der Waals surface area (Å²) in [4.78, 5) is 25.3. The fourth-order valence-corrected chi connectivity index (χ4v) is 3.61. The molecule has 0 bridgehead atoms. The molecule has 0 aromatic carbocycles. The second-order valence-corrected chi connectivity index (χ2v) is 6.73. The van der Waals surface area contributed by atoms with Crippen molar-refractivity contribution in [2.45, 2.75) is 50.4 Å². The molecule has 2 saturated heterocycles. The van der Waals surface area contributed by atoms with Crippen LogP contribution in [0, 0.1) is 0 Å². The number of carbonyl (C=O) groups is 2. The second-order valence-electron chi connectivity index (χ2n) is 6.73. The number of likely N-dealkylation sites (tertiary alicyclic amines) is 2. The molecule has 2 fully saturated rings. The van der Waals surface area contributed by atoms with Crippen LogP contribution in [-0.4, -0.2) is 58.6 Å². The molecule has 1 spiro atoms. The summed E-state index contributed by atoms with van der Waals surface area (Å²) in [7, 11) is 1.98. The average Bonchev–Trinajstić information content (AvgIpc) is 3.06. The predicted molar refractivity (Wildman–Crippen MR) is 86.3 cm³/mol. The molecule has 2 aliphatic rings. The lowest BCUT2D eigenvalue weighted by Gasteiger charge is -2.50. The molecule has 1 atom stereocenters. The van der Waals surface area contributed by atoms with Crippen LogP contribution in [0.25, 0.3) is 0 Å². The SMILES string of the molecule is CN1C(=O)CCCC12CCCN(Cc1ccco1)C2.O=C(O)C(F)(F)F.